The second kappa shape index (κ2) is 6.89. The van der Waals surface area contributed by atoms with Crippen molar-refractivity contribution in [2.75, 3.05) is 40.4 Å². The van der Waals surface area contributed by atoms with Gasteiger partial charge in [0.1, 0.15) is 6.54 Å². The Balaban J connectivity index is 0. The molecule has 11 heavy (non-hydrogen) atoms. The molecule has 0 bridgehead atoms. The summed E-state index contributed by atoms with van der Waals surface area (Å²) in [5, 5.41) is 0. The van der Waals surface area contributed by atoms with Crippen molar-refractivity contribution in [2.45, 2.75) is 13.8 Å². The topological polar surface area (TPSA) is 9.23 Å². The molecule has 0 aliphatic rings. The number of hydrogen-bond acceptors (Lipinski definition) is 1. The third kappa shape index (κ3) is 5.48. The number of methoxy groups -OCH3 is 1. The van der Waals surface area contributed by atoms with E-state index >= 15 is 0 Å². The number of rotatable bonds is 5. The van der Waals surface area contributed by atoms with E-state index in [0.29, 0.717) is 0 Å². The lowest BCUT2D eigenvalue weighted by molar-refractivity contribution is -0.906. The zero-order valence-electron chi connectivity index (χ0n) is 8.06. The van der Waals surface area contributed by atoms with Gasteiger partial charge in [-0.2, -0.15) is 0 Å². The summed E-state index contributed by atoms with van der Waals surface area (Å²) in [7, 11) is 4.02. The molecule has 2 nitrogen and oxygen atoms in total. The number of likely N-dealkylation sites (N-methyl/N-ethyl adjacent to an activating group) is 1. The van der Waals surface area contributed by atoms with E-state index in [0.717, 1.165) is 17.6 Å². The van der Waals surface area contributed by atoms with Crippen molar-refractivity contribution in [3.05, 3.63) is 0 Å². The summed E-state index contributed by atoms with van der Waals surface area (Å²) in [5.74, 6) is 0. The summed E-state index contributed by atoms with van der Waals surface area (Å²) < 4.78 is 6.14. The van der Waals surface area contributed by atoms with Crippen LogP contribution in [0.3, 0.4) is 0 Å². The molecular weight excluding hydrogens is 162 g/mol. The van der Waals surface area contributed by atoms with Crippen LogP contribution in [0.4, 0.5) is 0 Å². The van der Waals surface area contributed by atoms with E-state index in [4.69, 9.17) is 4.74 Å². The van der Waals surface area contributed by atoms with Crippen LogP contribution < -0.4 is 12.4 Å². The third-order valence-electron chi connectivity index (χ3n) is 2.36. The highest BCUT2D eigenvalue weighted by Gasteiger charge is 2.14. The maximum absolute atomic E-state index is 5.03. The molecule has 0 unspecified atom stereocenters. The van der Waals surface area contributed by atoms with Crippen molar-refractivity contribution in [3.63, 3.8) is 0 Å². The molecule has 0 N–H and O–H groups in total. The zero-order chi connectivity index (χ0) is 8.04. The number of hydrogen-bond donors (Lipinski definition) is 0. The van der Waals surface area contributed by atoms with Crippen LogP contribution in [0.5, 0.6) is 0 Å². The molecule has 0 atom stereocenters. The van der Waals surface area contributed by atoms with Crippen molar-refractivity contribution in [2.24, 2.45) is 0 Å². The summed E-state index contributed by atoms with van der Waals surface area (Å²) >= 11 is 0. The Labute approximate surface area is 76.5 Å². The van der Waals surface area contributed by atoms with E-state index in [1.165, 1.54) is 13.1 Å². The molecule has 0 aromatic rings. The van der Waals surface area contributed by atoms with Gasteiger partial charge in [0.15, 0.2) is 0 Å². The smallest absolute Gasteiger partial charge is 0.102 e. The minimum Gasteiger partial charge on any atom is -1.00 e. The van der Waals surface area contributed by atoms with Gasteiger partial charge in [0, 0.05) is 7.11 Å². The first kappa shape index (κ1) is 13.8. The molecule has 0 heterocycles. The van der Waals surface area contributed by atoms with Gasteiger partial charge in [-0.3, -0.25) is 0 Å². The van der Waals surface area contributed by atoms with Gasteiger partial charge in [0.2, 0.25) is 0 Å². The average Bonchev–Trinajstić information content (AvgIpc) is 2.00. The molecule has 0 rings (SSSR count). The lowest BCUT2D eigenvalue weighted by atomic mass is 10.4. The van der Waals surface area contributed by atoms with E-state index in [2.05, 4.69) is 20.9 Å². The molecule has 0 amide bonds. The molecule has 0 radical (unpaired) electrons. The van der Waals surface area contributed by atoms with Crippen molar-refractivity contribution < 1.29 is 21.6 Å². The van der Waals surface area contributed by atoms with Gasteiger partial charge in [-0.25, -0.2) is 0 Å². The van der Waals surface area contributed by atoms with Crippen LogP contribution in [0, 0.1) is 0 Å². The van der Waals surface area contributed by atoms with Crippen LogP contribution in [0.25, 0.3) is 0 Å². The molecular formula is C8H20ClNO. The number of halogens is 1. The fourth-order valence-corrected chi connectivity index (χ4v) is 0.852. The normalized spacial score (nSPS) is 10.9. The Kier molecular flexibility index (Phi) is 8.63. The number of quaternary nitrogens is 1. The Morgan fingerprint density at radius 2 is 1.64 bits per heavy atom. The predicted molar refractivity (Wildman–Crippen MR) is 44.0 cm³/mol. The fraction of sp³-hybridized carbons (Fsp3) is 1.00. The van der Waals surface area contributed by atoms with E-state index in [9.17, 15) is 0 Å². The first-order chi connectivity index (χ1) is 4.68. The monoisotopic (exact) mass is 181 g/mol. The van der Waals surface area contributed by atoms with Gasteiger partial charge in [-0.15, -0.1) is 0 Å². The summed E-state index contributed by atoms with van der Waals surface area (Å²) in [6, 6.07) is 0. The second-order valence-electron chi connectivity index (χ2n) is 2.97. The molecule has 0 aliphatic carbocycles. The quantitative estimate of drug-likeness (QED) is 0.452. The van der Waals surface area contributed by atoms with Crippen LogP contribution in [-0.2, 0) is 4.74 Å². The Morgan fingerprint density at radius 3 is 1.91 bits per heavy atom. The highest BCUT2D eigenvalue weighted by molar-refractivity contribution is 4.32. The zero-order valence-corrected chi connectivity index (χ0v) is 8.82. The Hall–Kier alpha value is 0.210. The first-order valence-electron chi connectivity index (χ1n) is 4.01. The van der Waals surface area contributed by atoms with Gasteiger partial charge in [-0.05, 0) is 13.8 Å². The van der Waals surface area contributed by atoms with E-state index in [-0.39, 0.29) is 12.4 Å². The maximum atomic E-state index is 5.03. The van der Waals surface area contributed by atoms with Gasteiger partial charge < -0.3 is 21.6 Å². The van der Waals surface area contributed by atoms with Gasteiger partial charge >= 0.3 is 0 Å². The highest BCUT2D eigenvalue weighted by atomic mass is 35.5. The van der Waals surface area contributed by atoms with Crippen molar-refractivity contribution in [1.82, 2.24) is 0 Å². The molecule has 0 aromatic heterocycles. The molecule has 0 saturated carbocycles. The summed E-state index contributed by atoms with van der Waals surface area (Å²) in [4.78, 5) is 0. The van der Waals surface area contributed by atoms with Crippen LogP contribution in [0.1, 0.15) is 13.8 Å². The van der Waals surface area contributed by atoms with E-state index < -0.39 is 0 Å². The summed E-state index contributed by atoms with van der Waals surface area (Å²) in [6.45, 7) is 8.83. The minimum absolute atomic E-state index is 0. The summed E-state index contributed by atoms with van der Waals surface area (Å²) in [5.41, 5.74) is 0. The van der Waals surface area contributed by atoms with Crippen molar-refractivity contribution in [1.29, 1.82) is 0 Å². The predicted octanol–water partition coefficient (Wildman–Crippen LogP) is -1.88. The van der Waals surface area contributed by atoms with E-state index in [1.807, 2.05) is 0 Å². The average molecular weight is 182 g/mol. The molecule has 70 valence electrons. The lowest BCUT2D eigenvalue weighted by Gasteiger charge is -2.31. The van der Waals surface area contributed by atoms with Crippen molar-refractivity contribution in [3.8, 4) is 0 Å². The molecule has 0 spiro atoms. The third-order valence-corrected chi connectivity index (χ3v) is 2.36. The standard InChI is InChI=1S/C8H20NO.ClH/c1-5-9(3,6-2)7-8-10-4;/h5-8H2,1-4H3;1H/q+1;/p-1. The van der Waals surface area contributed by atoms with Crippen LogP contribution in [0.15, 0.2) is 0 Å². The van der Waals surface area contributed by atoms with Gasteiger partial charge in [0.05, 0.1) is 26.7 Å². The maximum Gasteiger partial charge on any atom is 0.102 e. The highest BCUT2D eigenvalue weighted by Crippen LogP contribution is 1.99. The lowest BCUT2D eigenvalue weighted by Crippen LogP contribution is -3.00. The van der Waals surface area contributed by atoms with Crippen LogP contribution in [0.2, 0.25) is 0 Å². The van der Waals surface area contributed by atoms with Crippen molar-refractivity contribution >= 4 is 0 Å². The fourth-order valence-electron chi connectivity index (χ4n) is 0.852. The second-order valence-corrected chi connectivity index (χ2v) is 2.97. The molecule has 0 aromatic carbocycles. The molecule has 3 heteroatoms. The SMILES string of the molecule is CC[N+](C)(CC)CCOC.[Cl-]. The number of nitrogens with zero attached hydrogens (tertiary/aromatic N) is 1. The van der Waals surface area contributed by atoms with E-state index in [1.54, 1.807) is 7.11 Å². The van der Waals surface area contributed by atoms with Crippen LogP contribution >= 0.6 is 0 Å². The first-order valence-corrected chi connectivity index (χ1v) is 4.01. The van der Waals surface area contributed by atoms with Gasteiger partial charge in [0.25, 0.3) is 0 Å². The molecule has 0 saturated heterocycles. The number of ether oxygens (including phenoxy) is 1. The minimum atomic E-state index is 0. The molecule has 0 fully saturated rings. The Morgan fingerprint density at radius 1 is 1.18 bits per heavy atom. The summed E-state index contributed by atoms with van der Waals surface area (Å²) in [6.07, 6.45) is 0. The molecule has 0 aliphatic heterocycles. The Bertz CT molecular complexity index is 84.2. The largest absolute Gasteiger partial charge is 1.00 e. The van der Waals surface area contributed by atoms with Gasteiger partial charge in [-0.1, -0.05) is 0 Å². The van der Waals surface area contributed by atoms with Crippen LogP contribution in [-0.4, -0.2) is 44.9 Å².